The lowest BCUT2D eigenvalue weighted by Crippen LogP contribution is -2.27. The van der Waals surface area contributed by atoms with E-state index in [-0.39, 0.29) is 5.82 Å². The molecule has 1 aromatic carbocycles. The van der Waals surface area contributed by atoms with Crippen LogP contribution in [0.1, 0.15) is 62.9 Å². The molecule has 0 N–H and O–H groups in total. The van der Waals surface area contributed by atoms with Crippen LogP contribution in [0.5, 0.6) is 0 Å². The van der Waals surface area contributed by atoms with E-state index in [1.165, 1.54) is 44.6 Å². The first-order valence-corrected chi connectivity index (χ1v) is 8.20. The molecule has 0 aromatic heterocycles. The van der Waals surface area contributed by atoms with Gasteiger partial charge in [0.15, 0.2) is 6.29 Å². The Morgan fingerprint density at radius 1 is 1.10 bits per heavy atom. The first kappa shape index (κ1) is 16.4. The maximum Gasteiger partial charge on any atom is 0.183 e. The van der Waals surface area contributed by atoms with E-state index < -0.39 is 6.29 Å². The molecule has 1 aromatic rings. The summed E-state index contributed by atoms with van der Waals surface area (Å²) in [5.74, 6) is 0.288. The van der Waals surface area contributed by atoms with E-state index in [2.05, 4.69) is 6.92 Å². The summed E-state index contributed by atoms with van der Waals surface area (Å²) >= 11 is 0. The molecule has 2 rings (SSSR count). The van der Waals surface area contributed by atoms with Crippen molar-refractivity contribution in [1.82, 2.24) is 0 Å². The minimum Gasteiger partial charge on any atom is -0.348 e. The van der Waals surface area contributed by atoms with Crippen LogP contribution in [0.3, 0.4) is 0 Å². The third kappa shape index (κ3) is 5.08. The van der Waals surface area contributed by atoms with Gasteiger partial charge in [-0.1, -0.05) is 51.2 Å². The average Bonchev–Trinajstić information content (AvgIpc) is 2.50. The number of hydrogen-bond acceptors (Lipinski definition) is 2. The lowest BCUT2D eigenvalue weighted by molar-refractivity contribution is -0.206. The minimum absolute atomic E-state index is 0.197. The third-order valence-corrected chi connectivity index (χ3v) is 4.15. The van der Waals surface area contributed by atoms with Gasteiger partial charge in [0.25, 0.3) is 0 Å². The molecule has 0 spiro atoms. The van der Waals surface area contributed by atoms with Crippen molar-refractivity contribution in [3.05, 3.63) is 35.1 Å². The van der Waals surface area contributed by atoms with Gasteiger partial charge in [0.2, 0.25) is 0 Å². The van der Waals surface area contributed by atoms with Crippen LogP contribution in [0, 0.1) is 18.7 Å². The first-order chi connectivity index (χ1) is 10.2. The lowest BCUT2D eigenvalue weighted by atomic mass is 10.0. The van der Waals surface area contributed by atoms with Crippen molar-refractivity contribution in [3.63, 3.8) is 0 Å². The summed E-state index contributed by atoms with van der Waals surface area (Å²) in [6.07, 6.45) is 7.26. The Hall–Kier alpha value is -0.930. The number of unbranched alkanes of at least 4 members (excludes halogenated alkanes) is 4. The second-order valence-electron chi connectivity index (χ2n) is 6.08. The van der Waals surface area contributed by atoms with Crippen LogP contribution in [0.15, 0.2) is 18.2 Å². The molecule has 0 bridgehead atoms. The zero-order chi connectivity index (χ0) is 15.1. The normalized spacial score (nSPS) is 22.4. The number of rotatable bonds is 7. The van der Waals surface area contributed by atoms with Crippen LogP contribution in [-0.2, 0) is 9.47 Å². The largest absolute Gasteiger partial charge is 0.348 e. The monoisotopic (exact) mass is 294 g/mol. The van der Waals surface area contributed by atoms with Gasteiger partial charge in [-0.2, -0.15) is 0 Å². The standard InChI is InChI=1S/C18H27FO2/c1-3-4-5-6-7-8-15-12-20-18(21-13-15)16-10-9-14(2)17(19)11-16/h9-11,15,18H,3-8,12-13H2,1-2H3. The maximum atomic E-state index is 13.6. The van der Waals surface area contributed by atoms with Gasteiger partial charge >= 0.3 is 0 Å². The molecule has 1 fully saturated rings. The number of hydrogen-bond donors (Lipinski definition) is 0. The SMILES string of the molecule is CCCCCCCC1COC(c2ccc(C)c(F)c2)OC1. The zero-order valence-electron chi connectivity index (χ0n) is 13.2. The summed E-state index contributed by atoms with van der Waals surface area (Å²) in [4.78, 5) is 0. The van der Waals surface area contributed by atoms with Crippen molar-refractivity contribution in [2.45, 2.75) is 58.7 Å². The highest BCUT2D eigenvalue weighted by atomic mass is 19.1. The summed E-state index contributed by atoms with van der Waals surface area (Å²) < 4.78 is 25.1. The molecule has 118 valence electrons. The van der Waals surface area contributed by atoms with E-state index in [4.69, 9.17) is 9.47 Å². The van der Waals surface area contributed by atoms with Crippen LogP contribution < -0.4 is 0 Å². The second kappa shape index (κ2) is 8.50. The van der Waals surface area contributed by atoms with E-state index in [9.17, 15) is 4.39 Å². The molecule has 1 aliphatic rings. The van der Waals surface area contributed by atoms with Crippen molar-refractivity contribution in [3.8, 4) is 0 Å². The molecule has 0 radical (unpaired) electrons. The molecule has 21 heavy (non-hydrogen) atoms. The Morgan fingerprint density at radius 2 is 1.81 bits per heavy atom. The van der Waals surface area contributed by atoms with Gasteiger partial charge in [-0.25, -0.2) is 4.39 Å². The molecule has 0 amide bonds. The summed E-state index contributed by atoms with van der Waals surface area (Å²) in [5, 5.41) is 0. The summed E-state index contributed by atoms with van der Waals surface area (Å²) in [6.45, 7) is 5.43. The zero-order valence-corrected chi connectivity index (χ0v) is 13.2. The molecule has 1 aliphatic heterocycles. The second-order valence-corrected chi connectivity index (χ2v) is 6.08. The highest BCUT2D eigenvalue weighted by Crippen LogP contribution is 2.28. The van der Waals surface area contributed by atoms with Gasteiger partial charge < -0.3 is 9.47 Å². The Kier molecular flexibility index (Phi) is 6.65. The minimum atomic E-state index is -0.406. The number of aryl methyl sites for hydroxylation is 1. The van der Waals surface area contributed by atoms with Crippen molar-refractivity contribution in [2.24, 2.45) is 5.92 Å². The van der Waals surface area contributed by atoms with Crippen LogP contribution >= 0.6 is 0 Å². The number of ether oxygens (including phenoxy) is 2. The lowest BCUT2D eigenvalue weighted by Gasteiger charge is -2.29. The molecule has 2 nitrogen and oxygen atoms in total. The van der Waals surface area contributed by atoms with E-state index >= 15 is 0 Å². The predicted molar refractivity (Wildman–Crippen MR) is 82.6 cm³/mol. The molecule has 1 heterocycles. The van der Waals surface area contributed by atoms with Crippen molar-refractivity contribution < 1.29 is 13.9 Å². The fourth-order valence-corrected chi connectivity index (χ4v) is 2.69. The highest BCUT2D eigenvalue weighted by Gasteiger charge is 2.23. The quantitative estimate of drug-likeness (QED) is 0.647. The van der Waals surface area contributed by atoms with Crippen molar-refractivity contribution in [1.29, 1.82) is 0 Å². The Bertz CT molecular complexity index is 425. The Morgan fingerprint density at radius 3 is 2.48 bits per heavy atom. The third-order valence-electron chi connectivity index (χ3n) is 4.15. The van der Waals surface area contributed by atoms with Gasteiger partial charge in [-0.3, -0.25) is 0 Å². The fourth-order valence-electron chi connectivity index (χ4n) is 2.69. The van der Waals surface area contributed by atoms with Gasteiger partial charge in [-0.15, -0.1) is 0 Å². The molecule has 0 saturated carbocycles. The van der Waals surface area contributed by atoms with Gasteiger partial charge in [0, 0.05) is 11.5 Å². The molecular weight excluding hydrogens is 267 g/mol. The number of benzene rings is 1. The van der Waals surface area contributed by atoms with Crippen LogP contribution in [0.25, 0.3) is 0 Å². The Balaban J connectivity index is 1.71. The molecule has 0 atom stereocenters. The smallest absolute Gasteiger partial charge is 0.183 e. The maximum absolute atomic E-state index is 13.6. The van der Waals surface area contributed by atoms with Crippen LogP contribution in [0.4, 0.5) is 4.39 Å². The van der Waals surface area contributed by atoms with Crippen LogP contribution in [0.2, 0.25) is 0 Å². The van der Waals surface area contributed by atoms with E-state index in [0.717, 1.165) is 5.56 Å². The number of halogens is 1. The van der Waals surface area contributed by atoms with E-state index in [1.807, 2.05) is 6.07 Å². The highest BCUT2D eigenvalue weighted by molar-refractivity contribution is 5.24. The molecule has 1 saturated heterocycles. The first-order valence-electron chi connectivity index (χ1n) is 8.20. The van der Waals surface area contributed by atoms with Gasteiger partial charge in [-0.05, 0) is 25.0 Å². The van der Waals surface area contributed by atoms with Crippen LogP contribution in [-0.4, -0.2) is 13.2 Å². The summed E-state index contributed by atoms with van der Waals surface area (Å²) in [6, 6.07) is 5.18. The summed E-state index contributed by atoms with van der Waals surface area (Å²) in [5.41, 5.74) is 1.43. The molecule has 0 unspecified atom stereocenters. The Labute approximate surface area is 127 Å². The van der Waals surface area contributed by atoms with Crippen molar-refractivity contribution >= 4 is 0 Å². The molecule has 3 heteroatoms. The van der Waals surface area contributed by atoms with Gasteiger partial charge in [0.1, 0.15) is 5.82 Å². The molecule has 0 aliphatic carbocycles. The van der Waals surface area contributed by atoms with E-state index in [1.54, 1.807) is 13.0 Å². The van der Waals surface area contributed by atoms with E-state index in [0.29, 0.717) is 24.7 Å². The predicted octanol–water partition coefficient (Wildman–Crippen LogP) is 5.16. The van der Waals surface area contributed by atoms with Gasteiger partial charge in [0.05, 0.1) is 13.2 Å². The topological polar surface area (TPSA) is 18.5 Å². The fraction of sp³-hybridized carbons (Fsp3) is 0.667. The molecular formula is C18H27FO2. The summed E-state index contributed by atoms with van der Waals surface area (Å²) in [7, 11) is 0. The average molecular weight is 294 g/mol. The van der Waals surface area contributed by atoms with Crippen molar-refractivity contribution in [2.75, 3.05) is 13.2 Å².